The zero-order valence-electron chi connectivity index (χ0n) is 14.9. The maximum atomic E-state index is 12.2. The van der Waals surface area contributed by atoms with E-state index in [9.17, 15) is 4.79 Å². The van der Waals surface area contributed by atoms with E-state index in [0.29, 0.717) is 22.6 Å². The van der Waals surface area contributed by atoms with Crippen LogP contribution in [0.25, 0.3) is 16.7 Å². The lowest BCUT2D eigenvalue weighted by atomic mass is 10.1. The van der Waals surface area contributed by atoms with Gasteiger partial charge in [0, 0.05) is 9.86 Å². The minimum atomic E-state index is -0.454. The number of fused-ring (bicyclic) bond motifs is 1. The van der Waals surface area contributed by atoms with E-state index in [1.807, 2.05) is 42.5 Å². The second kappa shape index (κ2) is 7.77. The molecule has 8 heteroatoms. The zero-order chi connectivity index (χ0) is 19.5. The molecule has 0 atom stereocenters. The molecule has 0 fully saturated rings. The van der Waals surface area contributed by atoms with E-state index in [-0.39, 0.29) is 6.61 Å². The number of nitrogens with zero attached hydrogens (tertiary/aromatic N) is 4. The Hall–Kier alpha value is -3.26. The van der Waals surface area contributed by atoms with Crippen molar-refractivity contribution >= 4 is 32.6 Å². The molecule has 0 N–H and O–H groups in total. The third-order valence-corrected chi connectivity index (χ3v) is 4.61. The van der Waals surface area contributed by atoms with Gasteiger partial charge in [0.25, 0.3) is 0 Å². The lowest BCUT2D eigenvalue weighted by Crippen LogP contribution is -2.12. The Morgan fingerprint density at radius 1 is 1.21 bits per heavy atom. The van der Waals surface area contributed by atoms with Crippen LogP contribution >= 0.6 is 15.9 Å². The first-order valence-corrected chi connectivity index (χ1v) is 9.26. The fourth-order valence-corrected chi connectivity index (χ4v) is 2.91. The molecule has 140 valence electrons. The Morgan fingerprint density at radius 3 is 2.82 bits per heavy atom. The summed E-state index contributed by atoms with van der Waals surface area (Å²) in [6, 6.07) is 16.8. The van der Waals surface area contributed by atoms with Crippen LogP contribution in [0.15, 0.2) is 79.6 Å². The average molecular weight is 439 g/mol. The molecule has 2 heterocycles. The van der Waals surface area contributed by atoms with Gasteiger partial charge in [-0.1, -0.05) is 44.5 Å². The van der Waals surface area contributed by atoms with E-state index >= 15 is 0 Å². The maximum Gasteiger partial charge on any atom is 0.345 e. The maximum absolute atomic E-state index is 12.2. The van der Waals surface area contributed by atoms with E-state index in [1.165, 1.54) is 0 Å². The predicted molar refractivity (Wildman–Crippen MR) is 109 cm³/mol. The summed E-state index contributed by atoms with van der Waals surface area (Å²) in [7, 11) is 0. The van der Waals surface area contributed by atoms with E-state index in [4.69, 9.17) is 9.25 Å². The molecule has 0 aliphatic carbocycles. The largest absolute Gasteiger partial charge is 0.422 e. The van der Waals surface area contributed by atoms with Gasteiger partial charge in [-0.05, 0) is 43.3 Å². The van der Waals surface area contributed by atoms with E-state index in [1.54, 1.807) is 29.9 Å². The molecule has 28 heavy (non-hydrogen) atoms. The predicted octanol–water partition coefficient (Wildman–Crippen LogP) is 4.08. The number of benzene rings is 2. The molecule has 4 aromatic rings. The second-order valence-electron chi connectivity index (χ2n) is 6.07. The molecular formula is C20H15BrN4O3. The Balaban J connectivity index is 1.47. The molecule has 0 bridgehead atoms. The first kappa shape index (κ1) is 18.1. The summed E-state index contributed by atoms with van der Waals surface area (Å²) in [5.41, 5.74) is 2.37. The summed E-state index contributed by atoms with van der Waals surface area (Å²) in [5.74, 6) is 0. The van der Waals surface area contributed by atoms with Crippen molar-refractivity contribution in [2.75, 3.05) is 0 Å². The molecule has 0 saturated carbocycles. The number of oxime groups is 1. The van der Waals surface area contributed by atoms with Crippen molar-refractivity contribution in [2.24, 2.45) is 5.16 Å². The van der Waals surface area contributed by atoms with Gasteiger partial charge >= 0.3 is 5.63 Å². The van der Waals surface area contributed by atoms with Gasteiger partial charge < -0.3 is 9.25 Å². The molecule has 0 amide bonds. The van der Waals surface area contributed by atoms with Crippen LogP contribution in [0.5, 0.6) is 0 Å². The Morgan fingerprint density at radius 2 is 2.00 bits per heavy atom. The highest BCUT2D eigenvalue weighted by molar-refractivity contribution is 9.10. The van der Waals surface area contributed by atoms with Gasteiger partial charge in [-0.2, -0.15) is 0 Å². The SMILES string of the molecule is CC(=NOCc1cn(-c2ccc(Br)cc2)nn1)c1cc2ccccc2oc1=O. The minimum Gasteiger partial charge on any atom is -0.422 e. The standard InChI is InChI=1S/C20H15BrN4O3/c1-13(18-10-14-4-2-3-5-19(14)28-20(18)26)23-27-12-16-11-25(24-22-16)17-8-6-15(21)7-9-17/h2-11H,12H2,1H3. The summed E-state index contributed by atoms with van der Waals surface area (Å²) in [4.78, 5) is 17.5. The van der Waals surface area contributed by atoms with E-state index in [0.717, 1.165) is 15.5 Å². The highest BCUT2D eigenvalue weighted by Crippen LogP contribution is 2.14. The van der Waals surface area contributed by atoms with Crippen molar-refractivity contribution in [1.29, 1.82) is 0 Å². The quantitative estimate of drug-likeness (QED) is 0.266. The van der Waals surface area contributed by atoms with Gasteiger partial charge in [-0.25, -0.2) is 9.48 Å². The first-order chi connectivity index (χ1) is 13.6. The van der Waals surface area contributed by atoms with Crippen molar-refractivity contribution in [3.05, 3.63) is 86.9 Å². The highest BCUT2D eigenvalue weighted by Gasteiger charge is 2.09. The molecule has 0 spiro atoms. The van der Waals surface area contributed by atoms with Crippen molar-refractivity contribution in [1.82, 2.24) is 15.0 Å². The van der Waals surface area contributed by atoms with Gasteiger partial charge in [0.1, 0.15) is 11.3 Å². The third-order valence-electron chi connectivity index (χ3n) is 4.08. The Labute approximate surface area is 168 Å². The first-order valence-electron chi connectivity index (χ1n) is 8.47. The molecule has 0 aliphatic rings. The summed E-state index contributed by atoms with van der Waals surface area (Å²) in [6.07, 6.45) is 1.76. The molecule has 7 nitrogen and oxygen atoms in total. The molecule has 2 aromatic heterocycles. The molecule has 0 unspecified atom stereocenters. The summed E-state index contributed by atoms with van der Waals surface area (Å²) in [5, 5.41) is 13.0. The number of hydrogen-bond acceptors (Lipinski definition) is 6. The topological polar surface area (TPSA) is 82.5 Å². The third kappa shape index (κ3) is 3.86. The van der Waals surface area contributed by atoms with Gasteiger partial charge in [-0.3, -0.25) is 0 Å². The number of rotatable bonds is 5. The normalized spacial score (nSPS) is 11.7. The second-order valence-corrected chi connectivity index (χ2v) is 6.98. The number of hydrogen-bond donors (Lipinski definition) is 0. The molecule has 2 aromatic carbocycles. The molecular weight excluding hydrogens is 424 g/mol. The van der Waals surface area contributed by atoms with Crippen molar-refractivity contribution in [3.8, 4) is 5.69 Å². The van der Waals surface area contributed by atoms with Crippen molar-refractivity contribution in [2.45, 2.75) is 13.5 Å². The fourth-order valence-electron chi connectivity index (χ4n) is 2.64. The van der Waals surface area contributed by atoms with E-state index < -0.39 is 5.63 Å². The highest BCUT2D eigenvalue weighted by atomic mass is 79.9. The van der Waals surface area contributed by atoms with Crippen molar-refractivity contribution < 1.29 is 9.25 Å². The summed E-state index contributed by atoms with van der Waals surface area (Å²) >= 11 is 3.40. The summed E-state index contributed by atoms with van der Waals surface area (Å²) in [6.45, 7) is 1.83. The van der Waals surface area contributed by atoms with Crippen LogP contribution in [0.4, 0.5) is 0 Å². The monoisotopic (exact) mass is 438 g/mol. The van der Waals surface area contributed by atoms with Crippen LogP contribution in [0, 0.1) is 0 Å². The number of para-hydroxylation sites is 1. The van der Waals surface area contributed by atoms with Crippen LogP contribution in [0.2, 0.25) is 0 Å². The van der Waals surface area contributed by atoms with Crippen LogP contribution in [0.3, 0.4) is 0 Å². The van der Waals surface area contributed by atoms with Crippen molar-refractivity contribution in [3.63, 3.8) is 0 Å². The van der Waals surface area contributed by atoms with Gasteiger partial charge in [0.15, 0.2) is 6.61 Å². The smallest absolute Gasteiger partial charge is 0.345 e. The van der Waals surface area contributed by atoms with Gasteiger partial charge in [0.05, 0.1) is 23.2 Å². The molecule has 0 saturated heterocycles. The number of halogens is 1. The minimum absolute atomic E-state index is 0.132. The lowest BCUT2D eigenvalue weighted by Gasteiger charge is -2.02. The lowest BCUT2D eigenvalue weighted by molar-refractivity contribution is 0.127. The Bertz CT molecular complexity index is 1210. The zero-order valence-corrected chi connectivity index (χ0v) is 16.5. The van der Waals surface area contributed by atoms with Gasteiger partial charge in [0.2, 0.25) is 0 Å². The van der Waals surface area contributed by atoms with Crippen LogP contribution in [-0.4, -0.2) is 20.7 Å². The average Bonchev–Trinajstić information content (AvgIpc) is 3.17. The Kier molecular flexibility index (Phi) is 5.03. The van der Waals surface area contributed by atoms with Crippen LogP contribution in [-0.2, 0) is 11.4 Å². The van der Waals surface area contributed by atoms with E-state index in [2.05, 4.69) is 31.4 Å². The molecule has 4 rings (SSSR count). The fraction of sp³-hybridized carbons (Fsp3) is 0.100. The van der Waals surface area contributed by atoms with Crippen LogP contribution < -0.4 is 5.63 Å². The van der Waals surface area contributed by atoms with Gasteiger partial charge in [-0.15, -0.1) is 5.10 Å². The molecule has 0 radical (unpaired) electrons. The number of aromatic nitrogens is 3. The molecule has 0 aliphatic heterocycles. The summed E-state index contributed by atoms with van der Waals surface area (Å²) < 4.78 is 7.96. The van der Waals surface area contributed by atoms with Crippen LogP contribution in [0.1, 0.15) is 18.2 Å².